The van der Waals surface area contributed by atoms with E-state index >= 15 is 0 Å². The van der Waals surface area contributed by atoms with E-state index in [2.05, 4.69) is 31.2 Å². The smallest absolute Gasteiger partial charge is 1.00 e. The largest absolute Gasteiger partial charge is 1.00 e. The Bertz CT molecular complexity index is 141. The standard InChI is InChI=1S/C5H10O.C5H6.Na.H/c1-5-3-2-4-6-5;1-2-4-5-3-1;;/h5H,2-4H2,1H3;1-4H,5H2;;/q;;+1;-1. The SMILES string of the molecule is C1=CCC=C1.CC1CCCO1.[H-].[Na+]. The first-order valence-electron chi connectivity index (χ1n) is 4.33. The number of hydrogen-bond acceptors (Lipinski definition) is 1. The zero-order valence-electron chi connectivity index (χ0n) is 9.12. The van der Waals surface area contributed by atoms with Gasteiger partial charge in [0.2, 0.25) is 0 Å². The molecule has 12 heavy (non-hydrogen) atoms. The van der Waals surface area contributed by atoms with Crippen molar-refractivity contribution in [1.29, 1.82) is 0 Å². The molecule has 1 fully saturated rings. The molecule has 1 aliphatic carbocycles. The summed E-state index contributed by atoms with van der Waals surface area (Å²) in [6.07, 6.45) is 12.6. The van der Waals surface area contributed by atoms with Crippen LogP contribution in [0.2, 0.25) is 0 Å². The first kappa shape index (κ1) is 12.4. The van der Waals surface area contributed by atoms with Gasteiger partial charge in [0.15, 0.2) is 0 Å². The average molecular weight is 176 g/mol. The molecule has 1 nitrogen and oxygen atoms in total. The van der Waals surface area contributed by atoms with Crippen molar-refractivity contribution >= 4 is 0 Å². The summed E-state index contributed by atoms with van der Waals surface area (Å²) < 4.78 is 5.15. The quantitative estimate of drug-likeness (QED) is 0.465. The topological polar surface area (TPSA) is 9.23 Å². The van der Waals surface area contributed by atoms with Crippen molar-refractivity contribution in [3.05, 3.63) is 24.3 Å². The molecule has 1 unspecified atom stereocenters. The van der Waals surface area contributed by atoms with E-state index in [1.54, 1.807) is 0 Å². The maximum atomic E-state index is 5.15. The Morgan fingerprint density at radius 1 is 1.33 bits per heavy atom. The van der Waals surface area contributed by atoms with E-state index in [-0.39, 0.29) is 31.0 Å². The number of hydrogen-bond donors (Lipinski definition) is 0. The Labute approximate surface area is 98.7 Å². The normalized spacial score (nSPS) is 24.6. The van der Waals surface area contributed by atoms with E-state index in [0.29, 0.717) is 6.10 Å². The van der Waals surface area contributed by atoms with E-state index in [1.807, 2.05) is 0 Å². The van der Waals surface area contributed by atoms with Crippen LogP contribution in [-0.4, -0.2) is 12.7 Å². The number of allylic oxidation sites excluding steroid dienone is 4. The molecule has 1 saturated heterocycles. The molecule has 64 valence electrons. The van der Waals surface area contributed by atoms with Gasteiger partial charge in [-0.2, -0.15) is 0 Å². The maximum Gasteiger partial charge on any atom is 1.00 e. The van der Waals surface area contributed by atoms with E-state index in [0.717, 1.165) is 13.0 Å². The van der Waals surface area contributed by atoms with Gasteiger partial charge < -0.3 is 6.16 Å². The summed E-state index contributed by atoms with van der Waals surface area (Å²) in [7, 11) is 0. The maximum absolute atomic E-state index is 5.15. The molecule has 1 atom stereocenters. The van der Waals surface area contributed by atoms with E-state index in [9.17, 15) is 0 Å². The van der Waals surface area contributed by atoms with Crippen LogP contribution in [0.25, 0.3) is 0 Å². The molecular formula is C10H17NaO. The molecule has 0 aromatic rings. The minimum Gasteiger partial charge on any atom is -1.00 e. The fourth-order valence-electron chi connectivity index (χ4n) is 1.13. The second-order valence-electron chi connectivity index (χ2n) is 2.92. The van der Waals surface area contributed by atoms with Gasteiger partial charge in [-0.15, -0.1) is 0 Å². The Hall–Kier alpha value is 0.440. The predicted molar refractivity (Wildman–Crippen MR) is 48.7 cm³/mol. The van der Waals surface area contributed by atoms with Crippen LogP contribution in [0, 0.1) is 0 Å². The van der Waals surface area contributed by atoms with Gasteiger partial charge in [-0.05, 0) is 26.2 Å². The third kappa shape index (κ3) is 6.01. The molecule has 0 amide bonds. The summed E-state index contributed by atoms with van der Waals surface area (Å²) in [6, 6.07) is 0. The van der Waals surface area contributed by atoms with Gasteiger partial charge in [0.05, 0.1) is 6.10 Å². The third-order valence-electron chi connectivity index (χ3n) is 1.81. The van der Waals surface area contributed by atoms with Gasteiger partial charge in [0, 0.05) is 6.61 Å². The van der Waals surface area contributed by atoms with Gasteiger partial charge in [0.1, 0.15) is 0 Å². The van der Waals surface area contributed by atoms with E-state index in [4.69, 9.17) is 4.74 Å². The fraction of sp³-hybridized carbons (Fsp3) is 0.600. The zero-order valence-corrected chi connectivity index (χ0v) is 10.1. The Kier molecular flexibility index (Phi) is 8.35. The molecule has 0 aromatic carbocycles. The molecule has 0 N–H and O–H groups in total. The predicted octanol–water partition coefficient (Wildman–Crippen LogP) is -0.196. The van der Waals surface area contributed by atoms with Gasteiger partial charge in [-0.1, -0.05) is 24.3 Å². The first-order valence-corrected chi connectivity index (χ1v) is 4.33. The third-order valence-corrected chi connectivity index (χ3v) is 1.81. The summed E-state index contributed by atoms with van der Waals surface area (Å²) in [4.78, 5) is 0. The summed E-state index contributed by atoms with van der Waals surface area (Å²) in [5, 5.41) is 0. The summed E-state index contributed by atoms with van der Waals surface area (Å²) in [5.41, 5.74) is 0. The van der Waals surface area contributed by atoms with E-state index in [1.165, 1.54) is 12.8 Å². The molecule has 0 saturated carbocycles. The van der Waals surface area contributed by atoms with Crippen molar-refractivity contribution in [1.82, 2.24) is 0 Å². The molecule has 0 spiro atoms. The van der Waals surface area contributed by atoms with Crippen molar-refractivity contribution in [2.45, 2.75) is 32.3 Å². The zero-order chi connectivity index (χ0) is 7.94. The van der Waals surface area contributed by atoms with Crippen molar-refractivity contribution < 1.29 is 35.7 Å². The molecule has 1 aliphatic heterocycles. The molecule has 2 heteroatoms. The minimum atomic E-state index is 0. The van der Waals surface area contributed by atoms with E-state index < -0.39 is 0 Å². The van der Waals surface area contributed by atoms with Crippen molar-refractivity contribution in [2.75, 3.05) is 6.61 Å². The second kappa shape index (κ2) is 8.06. The Morgan fingerprint density at radius 2 is 2.00 bits per heavy atom. The van der Waals surface area contributed by atoms with Crippen molar-refractivity contribution in [3.63, 3.8) is 0 Å². The van der Waals surface area contributed by atoms with Gasteiger partial charge in [-0.25, -0.2) is 0 Å². The minimum absolute atomic E-state index is 0. The van der Waals surface area contributed by atoms with Gasteiger partial charge in [-0.3, -0.25) is 0 Å². The summed E-state index contributed by atoms with van der Waals surface area (Å²) in [5.74, 6) is 0. The Morgan fingerprint density at radius 3 is 2.17 bits per heavy atom. The first-order chi connectivity index (χ1) is 5.39. The van der Waals surface area contributed by atoms with Gasteiger partial charge in [0.25, 0.3) is 0 Å². The fourth-order valence-corrected chi connectivity index (χ4v) is 1.13. The van der Waals surface area contributed by atoms with Crippen LogP contribution < -0.4 is 29.6 Å². The van der Waals surface area contributed by atoms with Crippen LogP contribution in [0.15, 0.2) is 24.3 Å². The Balaban J connectivity index is 0. The number of ether oxygens (including phenoxy) is 1. The van der Waals surface area contributed by atoms with Crippen LogP contribution in [0.3, 0.4) is 0 Å². The van der Waals surface area contributed by atoms with Crippen LogP contribution >= 0.6 is 0 Å². The van der Waals surface area contributed by atoms with Crippen molar-refractivity contribution in [3.8, 4) is 0 Å². The van der Waals surface area contributed by atoms with Crippen LogP contribution in [0.5, 0.6) is 0 Å². The molecular weight excluding hydrogens is 159 g/mol. The molecule has 2 aliphatic rings. The second-order valence-corrected chi connectivity index (χ2v) is 2.92. The molecule has 1 heterocycles. The van der Waals surface area contributed by atoms with Crippen molar-refractivity contribution in [2.24, 2.45) is 0 Å². The van der Waals surface area contributed by atoms with Gasteiger partial charge >= 0.3 is 29.6 Å². The van der Waals surface area contributed by atoms with Crippen LogP contribution in [0.1, 0.15) is 27.6 Å². The van der Waals surface area contributed by atoms with Crippen LogP contribution in [0.4, 0.5) is 0 Å². The van der Waals surface area contributed by atoms with Crippen LogP contribution in [-0.2, 0) is 4.74 Å². The molecule has 0 radical (unpaired) electrons. The monoisotopic (exact) mass is 176 g/mol. The average Bonchev–Trinajstić information content (AvgIpc) is 2.57. The summed E-state index contributed by atoms with van der Waals surface area (Å²) in [6.45, 7) is 3.11. The number of rotatable bonds is 0. The summed E-state index contributed by atoms with van der Waals surface area (Å²) >= 11 is 0. The molecule has 0 aromatic heterocycles. The molecule has 0 bridgehead atoms. The molecule has 2 rings (SSSR count).